The van der Waals surface area contributed by atoms with E-state index in [9.17, 15) is 19.2 Å². The smallest absolute Gasteiger partial charge is 0.335 e. The minimum Gasteiger partial charge on any atom is -0.467 e. The lowest BCUT2D eigenvalue weighted by molar-refractivity contribution is -0.144. The molecule has 0 unspecified atom stereocenters. The van der Waals surface area contributed by atoms with Crippen molar-refractivity contribution in [3.05, 3.63) is 60.1 Å². The molecule has 134 valence electrons. The second-order valence-corrected chi connectivity index (χ2v) is 5.86. The van der Waals surface area contributed by atoms with Crippen molar-refractivity contribution >= 4 is 23.8 Å². The summed E-state index contributed by atoms with van der Waals surface area (Å²) in [5.74, 6) is -1.97. The van der Waals surface area contributed by atoms with E-state index in [4.69, 9.17) is 4.42 Å². The fraction of sp³-hybridized carbons (Fsp3) is 0.222. The lowest BCUT2D eigenvalue weighted by atomic mass is 10.2. The van der Waals surface area contributed by atoms with Gasteiger partial charge in [0.25, 0.3) is 0 Å². The van der Waals surface area contributed by atoms with Crippen LogP contribution in [0.1, 0.15) is 24.3 Å². The van der Waals surface area contributed by atoms with E-state index in [0.29, 0.717) is 16.2 Å². The van der Waals surface area contributed by atoms with Crippen LogP contribution in [0.2, 0.25) is 0 Å². The van der Waals surface area contributed by atoms with Crippen molar-refractivity contribution in [2.24, 2.45) is 0 Å². The van der Waals surface area contributed by atoms with Crippen LogP contribution in [0.4, 0.5) is 4.79 Å². The third-order valence-electron chi connectivity index (χ3n) is 3.97. The van der Waals surface area contributed by atoms with E-state index >= 15 is 0 Å². The summed E-state index contributed by atoms with van der Waals surface area (Å²) in [6, 6.07) is 11.0. The summed E-state index contributed by atoms with van der Waals surface area (Å²) in [5.41, 5.74) is 0.708. The van der Waals surface area contributed by atoms with Gasteiger partial charge in [-0.25, -0.2) is 9.69 Å². The number of carbonyl (C=O) groups excluding carboxylic acids is 4. The number of hydrogen-bond acceptors (Lipinski definition) is 5. The molecule has 1 aromatic carbocycles. The van der Waals surface area contributed by atoms with Crippen LogP contribution in [0.3, 0.4) is 0 Å². The third-order valence-corrected chi connectivity index (χ3v) is 3.97. The molecule has 1 aliphatic heterocycles. The molecule has 0 aliphatic carbocycles. The molecule has 26 heavy (non-hydrogen) atoms. The van der Waals surface area contributed by atoms with Crippen molar-refractivity contribution in [3.8, 4) is 0 Å². The van der Waals surface area contributed by atoms with Crippen LogP contribution in [-0.4, -0.2) is 40.1 Å². The average Bonchev–Trinajstić information content (AvgIpc) is 3.23. The monoisotopic (exact) mass is 355 g/mol. The minimum absolute atomic E-state index is 0.0227. The molecule has 2 aromatic rings. The number of urea groups is 1. The van der Waals surface area contributed by atoms with E-state index in [-0.39, 0.29) is 6.54 Å². The van der Waals surface area contributed by atoms with Crippen molar-refractivity contribution in [2.75, 3.05) is 6.54 Å². The second-order valence-electron chi connectivity index (χ2n) is 5.86. The van der Waals surface area contributed by atoms with Crippen molar-refractivity contribution in [1.29, 1.82) is 0 Å². The molecule has 0 bridgehead atoms. The van der Waals surface area contributed by atoms with Gasteiger partial charge in [-0.1, -0.05) is 30.3 Å². The Balaban J connectivity index is 1.64. The Morgan fingerprint density at radius 3 is 2.38 bits per heavy atom. The summed E-state index contributed by atoms with van der Waals surface area (Å²) in [4.78, 5) is 50.2. The quantitative estimate of drug-likeness (QED) is 0.624. The fourth-order valence-corrected chi connectivity index (χ4v) is 2.63. The van der Waals surface area contributed by atoms with Crippen molar-refractivity contribution in [2.45, 2.75) is 19.5 Å². The average molecular weight is 355 g/mol. The molecule has 3 rings (SSSR count). The van der Waals surface area contributed by atoms with Gasteiger partial charge in [-0.15, -0.1) is 0 Å². The molecule has 8 nitrogen and oxygen atoms in total. The summed E-state index contributed by atoms with van der Waals surface area (Å²) in [6.07, 6.45) is 1.48. The SMILES string of the molecule is C[C@H](NC(=O)CN1C(=O)C(=O)N(Cc2ccccc2)C1=O)c1ccco1. The Hall–Kier alpha value is -3.42. The topological polar surface area (TPSA) is 99.9 Å². The number of imide groups is 2. The molecule has 5 amide bonds. The van der Waals surface area contributed by atoms with Crippen LogP contribution >= 0.6 is 0 Å². The lowest BCUT2D eigenvalue weighted by Gasteiger charge is -2.17. The van der Waals surface area contributed by atoms with Gasteiger partial charge in [0.15, 0.2) is 0 Å². The predicted octanol–water partition coefficient (Wildman–Crippen LogP) is 1.45. The van der Waals surface area contributed by atoms with Crippen LogP contribution < -0.4 is 5.32 Å². The van der Waals surface area contributed by atoms with Crippen LogP contribution in [-0.2, 0) is 20.9 Å². The maximum Gasteiger partial charge on any atom is 0.335 e. The molecule has 1 aromatic heterocycles. The largest absolute Gasteiger partial charge is 0.467 e. The molecule has 0 spiro atoms. The standard InChI is InChI=1S/C18H17N3O5/c1-12(14-8-5-9-26-14)19-15(22)11-21-17(24)16(23)20(18(21)25)10-13-6-3-2-4-7-13/h2-9,12H,10-11H2,1H3,(H,19,22)/t12-/m0/s1. The highest BCUT2D eigenvalue weighted by atomic mass is 16.3. The number of furan rings is 1. The Morgan fingerprint density at radius 2 is 1.73 bits per heavy atom. The number of nitrogens with one attached hydrogen (secondary N) is 1. The molecule has 1 atom stereocenters. The summed E-state index contributed by atoms with van der Waals surface area (Å²) >= 11 is 0. The number of amides is 5. The highest BCUT2D eigenvalue weighted by molar-refractivity contribution is 6.44. The summed E-state index contributed by atoms with van der Waals surface area (Å²) in [5, 5.41) is 2.62. The maximum atomic E-state index is 12.4. The van der Waals surface area contributed by atoms with E-state index in [0.717, 1.165) is 4.90 Å². The first kappa shape index (κ1) is 17.4. The Morgan fingerprint density at radius 1 is 1.04 bits per heavy atom. The van der Waals surface area contributed by atoms with Gasteiger partial charge in [-0.2, -0.15) is 0 Å². The highest BCUT2D eigenvalue weighted by Gasteiger charge is 2.45. The molecule has 8 heteroatoms. The first-order valence-electron chi connectivity index (χ1n) is 8.01. The molecular formula is C18H17N3O5. The number of rotatable bonds is 6. The Bertz CT molecular complexity index is 832. The van der Waals surface area contributed by atoms with E-state index in [1.54, 1.807) is 49.4 Å². The zero-order valence-electron chi connectivity index (χ0n) is 14.0. The number of carbonyl (C=O) groups is 4. The number of nitrogens with zero attached hydrogens (tertiary/aromatic N) is 2. The van der Waals surface area contributed by atoms with Crippen LogP contribution in [0, 0.1) is 0 Å². The Labute approximate surface area is 149 Å². The summed E-state index contributed by atoms with van der Waals surface area (Å²) in [7, 11) is 0. The fourth-order valence-electron chi connectivity index (χ4n) is 2.63. The number of benzene rings is 1. The first-order valence-corrected chi connectivity index (χ1v) is 8.01. The van der Waals surface area contributed by atoms with E-state index in [2.05, 4.69) is 5.32 Å². The third kappa shape index (κ3) is 3.49. The zero-order chi connectivity index (χ0) is 18.7. The predicted molar refractivity (Wildman–Crippen MR) is 89.4 cm³/mol. The Kier molecular flexibility index (Phi) is 4.83. The maximum absolute atomic E-state index is 12.4. The lowest BCUT2D eigenvalue weighted by Crippen LogP contribution is -2.42. The minimum atomic E-state index is -1.01. The molecule has 2 heterocycles. The highest BCUT2D eigenvalue weighted by Crippen LogP contribution is 2.16. The molecule has 0 saturated carbocycles. The van der Waals surface area contributed by atoms with Gasteiger partial charge in [0.05, 0.1) is 18.8 Å². The molecule has 1 aliphatic rings. The van der Waals surface area contributed by atoms with E-state index < -0.39 is 36.3 Å². The molecule has 1 fully saturated rings. The van der Waals surface area contributed by atoms with Gasteiger partial charge in [0.2, 0.25) is 5.91 Å². The van der Waals surface area contributed by atoms with Gasteiger partial charge in [-0.3, -0.25) is 19.3 Å². The normalized spacial score (nSPS) is 15.5. The van der Waals surface area contributed by atoms with Crippen molar-refractivity contribution < 1.29 is 23.6 Å². The zero-order valence-corrected chi connectivity index (χ0v) is 14.0. The second kappa shape index (κ2) is 7.22. The summed E-state index contributed by atoms with van der Waals surface area (Å²) in [6.45, 7) is 1.15. The van der Waals surface area contributed by atoms with Crippen LogP contribution in [0.5, 0.6) is 0 Å². The van der Waals surface area contributed by atoms with Crippen molar-refractivity contribution in [1.82, 2.24) is 15.1 Å². The molecule has 0 radical (unpaired) electrons. The van der Waals surface area contributed by atoms with E-state index in [1.807, 2.05) is 0 Å². The van der Waals surface area contributed by atoms with Gasteiger partial charge >= 0.3 is 17.8 Å². The van der Waals surface area contributed by atoms with Crippen LogP contribution in [0.15, 0.2) is 53.1 Å². The van der Waals surface area contributed by atoms with Gasteiger partial charge in [-0.05, 0) is 24.6 Å². The first-order chi connectivity index (χ1) is 12.5. The van der Waals surface area contributed by atoms with E-state index in [1.165, 1.54) is 6.26 Å². The molecule has 1 N–H and O–H groups in total. The van der Waals surface area contributed by atoms with Gasteiger partial charge in [0.1, 0.15) is 12.3 Å². The van der Waals surface area contributed by atoms with Crippen LogP contribution in [0.25, 0.3) is 0 Å². The van der Waals surface area contributed by atoms with Crippen molar-refractivity contribution in [3.63, 3.8) is 0 Å². The molecule has 1 saturated heterocycles. The van der Waals surface area contributed by atoms with Gasteiger partial charge in [0, 0.05) is 0 Å². The van der Waals surface area contributed by atoms with Gasteiger partial charge < -0.3 is 9.73 Å². The molecular weight excluding hydrogens is 338 g/mol. The number of hydrogen-bond donors (Lipinski definition) is 1. The summed E-state index contributed by atoms with van der Waals surface area (Å²) < 4.78 is 5.18.